The Balaban J connectivity index is 1.16. The number of anilines is 1. The van der Waals surface area contributed by atoms with Gasteiger partial charge in [0, 0.05) is 50.7 Å². The van der Waals surface area contributed by atoms with Crippen molar-refractivity contribution < 1.29 is 60.5 Å². The van der Waals surface area contributed by atoms with Gasteiger partial charge in [0.1, 0.15) is 37.0 Å². The van der Waals surface area contributed by atoms with Gasteiger partial charge in [-0.05, 0) is 47.8 Å². The van der Waals surface area contributed by atoms with Gasteiger partial charge in [-0.2, -0.15) is 4.98 Å². The number of aromatic nitrogens is 4. The van der Waals surface area contributed by atoms with Crippen molar-refractivity contribution >= 4 is 51.9 Å². The maximum absolute atomic E-state index is 13.3. The van der Waals surface area contributed by atoms with E-state index in [1.165, 1.54) is 13.3 Å². The highest BCUT2D eigenvalue weighted by atomic mass is 28.5. The molecule has 2 aromatic rings. The van der Waals surface area contributed by atoms with Gasteiger partial charge >= 0.3 is 23.1 Å². The number of nitrogens with one attached hydrogen (secondary N) is 2. The summed E-state index contributed by atoms with van der Waals surface area (Å²) in [6, 6.07) is 0. The fraction of sp³-hybridized carbons (Fsp3) is 0.833. The van der Waals surface area contributed by atoms with Crippen LogP contribution in [0.3, 0.4) is 0 Å². The second-order valence-electron chi connectivity index (χ2n) is 20.5. The lowest BCUT2D eigenvalue weighted by Gasteiger charge is -2.51. The van der Waals surface area contributed by atoms with E-state index in [9.17, 15) is 19.2 Å². The van der Waals surface area contributed by atoms with Crippen LogP contribution < -0.4 is 10.9 Å². The molecule has 3 aliphatic rings. The van der Waals surface area contributed by atoms with Gasteiger partial charge in [0.05, 0.1) is 32.3 Å². The second-order valence-corrected chi connectivity index (χ2v) is 29.3. The molecule has 9 atom stereocenters. The number of carbonyl (C=O) groups is 3. The maximum atomic E-state index is 13.3. The highest BCUT2D eigenvalue weighted by Gasteiger charge is 2.62. The summed E-state index contributed by atoms with van der Waals surface area (Å²) in [5.41, 5.74) is 0.100. The Bertz CT molecular complexity index is 2010. The number of imidazole rings is 1. The Hall–Kier alpha value is -2.97. The molecule has 5 rings (SSSR count). The SMILES string of the molecule is CCC1OC(OCCCCC(=O)CCCOCCOCO[C@H]2C3O[Si](C(C)C)(C(C)C)O[Si](C(C)C)(C(C)C)OC[C@H]3O[C@H]2n2cnc3c(=O)[nH]c(NC(=O)C(C)C)nc32)C(C)C(C)C1OC(C)=O. The first-order chi connectivity index (χ1) is 32.7. The van der Waals surface area contributed by atoms with Gasteiger partial charge in [0.15, 0.2) is 23.7 Å². The van der Waals surface area contributed by atoms with E-state index in [1.54, 1.807) is 18.4 Å². The van der Waals surface area contributed by atoms with Crippen molar-refractivity contribution in [3.05, 3.63) is 16.7 Å². The average Bonchev–Trinajstić information content (AvgIpc) is 3.85. The van der Waals surface area contributed by atoms with Crippen LogP contribution in [0.2, 0.25) is 22.2 Å². The molecule has 2 N–H and O–H groups in total. The molecule has 0 saturated carbocycles. The van der Waals surface area contributed by atoms with Gasteiger partial charge in [-0.3, -0.25) is 34.0 Å². The summed E-state index contributed by atoms with van der Waals surface area (Å²) in [7, 11) is -6.00. The number of hydrogen-bond acceptors (Lipinski definition) is 16. The first-order valence-corrected chi connectivity index (χ1v) is 29.3. The molecule has 19 nitrogen and oxygen atoms in total. The number of fused-ring (bicyclic) bond motifs is 2. The normalized spacial score (nSPS) is 27.0. The first kappa shape index (κ1) is 56.9. The number of hydrogen-bond donors (Lipinski definition) is 2. The average molecular weight is 1010 g/mol. The molecule has 3 fully saturated rings. The minimum atomic E-state index is -3.11. The molecule has 0 bridgehead atoms. The molecular weight excluding hydrogens is 927 g/mol. The summed E-state index contributed by atoms with van der Waals surface area (Å²) in [5, 5.41) is 2.69. The molecule has 0 radical (unpaired) electrons. The number of amides is 1. The van der Waals surface area contributed by atoms with Crippen molar-refractivity contribution in [2.24, 2.45) is 17.8 Å². The van der Waals surface area contributed by atoms with E-state index < -0.39 is 47.2 Å². The van der Waals surface area contributed by atoms with Crippen LogP contribution in [0.15, 0.2) is 11.1 Å². The number of Topliss-reactive ketones (excluding diaryl/α,β-unsaturated/α-hetero) is 1. The monoisotopic (exact) mass is 1010 g/mol. The van der Waals surface area contributed by atoms with Crippen molar-refractivity contribution in [1.29, 1.82) is 0 Å². The number of ether oxygens (including phenoxy) is 7. The van der Waals surface area contributed by atoms with Crippen LogP contribution in [0.4, 0.5) is 5.95 Å². The van der Waals surface area contributed by atoms with Gasteiger partial charge in [-0.15, -0.1) is 0 Å². The molecule has 3 saturated heterocycles. The zero-order chi connectivity index (χ0) is 50.8. The van der Waals surface area contributed by atoms with E-state index >= 15 is 0 Å². The minimum Gasteiger partial charge on any atom is -0.459 e. The third kappa shape index (κ3) is 13.8. The summed E-state index contributed by atoms with van der Waals surface area (Å²) in [5.74, 6) is -0.632. The zero-order valence-electron chi connectivity index (χ0n) is 43.7. The molecule has 21 heteroatoms. The Labute approximate surface area is 410 Å². The van der Waals surface area contributed by atoms with E-state index in [0.29, 0.717) is 45.5 Å². The third-order valence-corrected chi connectivity index (χ3v) is 24.1. The number of ketones is 1. The van der Waals surface area contributed by atoms with Crippen molar-refractivity contribution in [3.8, 4) is 0 Å². The highest BCUT2D eigenvalue weighted by molar-refractivity contribution is 6.84. The number of nitrogens with zero attached hydrogens (tertiary/aromatic N) is 3. The molecule has 69 heavy (non-hydrogen) atoms. The van der Waals surface area contributed by atoms with Crippen molar-refractivity contribution in [2.45, 2.75) is 201 Å². The van der Waals surface area contributed by atoms with E-state index in [4.69, 9.17) is 46.1 Å². The maximum Gasteiger partial charge on any atom is 0.335 e. The quantitative estimate of drug-likeness (QED) is 0.0419. The number of rotatable bonds is 25. The van der Waals surface area contributed by atoms with Gasteiger partial charge in [0.25, 0.3) is 5.56 Å². The van der Waals surface area contributed by atoms with Crippen LogP contribution >= 0.6 is 0 Å². The Morgan fingerprint density at radius 1 is 0.841 bits per heavy atom. The lowest BCUT2D eigenvalue weighted by atomic mass is 9.84. The first-order valence-electron chi connectivity index (χ1n) is 25.3. The Morgan fingerprint density at radius 2 is 1.51 bits per heavy atom. The lowest BCUT2D eigenvalue weighted by molar-refractivity contribution is -0.267. The summed E-state index contributed by atoms with van der Waals surface area (Å²) >= 11 is 0. The van der Waals surface area contributed by atoms with Gasteiger partial charge in [-0.1, -0.05) is 90.0 Å². The van der Waals surface area contributed by atoms with E-state index in [2.05, 4.69) is 89.5 Å². The van der Waals surface area contributed by atoms with Crippen molar-refractivity contribution in [3.63, 3.8) is 0 Å². The fourth-order valence-electron chi connectivity index (χ4n) is 9.64. The third-order valence-electron chi connectivity index (χ3n) is 13.8. The number of carbonyl (C=O) groups excluding carboxylic acids is 3. The summed E-state index contributed by atoms with van der Waals surface area (Å²) in [4.78, 5) is 61.9. The van der Waals surface area contributed by atoms with Crippen LogP contribution in [0.25, 0.3) is 11.2 Å². The predicted molar refractivity (Wildman–Crippen MR) is 263 cm³/mol. The molecule has 2 aromatic heterocycles. The van der Waals surface area contributed by atoms with Gasteiger partial charge < -0.3 is 46.1 Å². The van der Waals surface area contributed by atoms with Gasteiger partial charge in [-0.25, -0.2) is 4.98 Å². The number of esters is 1. The standard InChI is InChI=1S/C48H83N5O14Si2/c1-15-37-40(63-35(14)54)33(12)34(13)47(65-37)60-22-17-16-19-36(55)20-18-21-58-23-24-59-27-61-42-41-38(25-62-68(29(4)5,30(6)7)67-69(66-41,31(8)9)32(10)11)64-46(42)53-26-49-39-43(53)50-48(52-45(39)57)51-44(56)28(2)3/h26,28-34,37-38,40-42,46-47H,15-25,27H2,1-14H3,(H2,50,51,52,56,57)/t33?,34?,37?,38-,40?,41?,42+,46-,47?/m1/s1. The molecule has 3 aliphatic heterocycles. The molecule has 0 spiro atoms. The van der Waals surface area contributed by atoms with Crippen LogP contribution in [0, 0.1) is 17.8 Å². The van der Waals surface area contributed by atoms with E-state index in [0.717, 1.165) is 12.8 Å². The smallest absolute Gasteiger partial charge is 0.335 e. The predicted octanol–water partition coefficient (Wildman–Crippen LogP) is 7.82. The number of unbranched alkanes of at least 4 members (excludes halogenated alkanes) is 1. The topological polar surface area (TPSA) is 219 Å². The van der Waals surface area contributed by atoms with Gasteiger partial charge in [0.2, 0.25) is 11.9 Å². The van der Waals surface area contributed by atoms with Crippen molar-refractivity contribution in [2.75, 3.05) is 45.1 Å². The number of H-pyrrole nitrogens is 1. The minimum absolute atomic E-state index is 0.00838. The molecule has 1 amide bonds. The van der Waals surface area contributed by atoms with Crippen LogP contribution in [0.1, 0.15) is 142 Å². The van der Waals surface area contributed by atoms with Crippen LogP contribution in [0.5, 0.6) is 0 Å². The second kappa shape index (κ2) is 25.6. The molecule has 392 valence electrons. The van der Waals surface area contributed by atoms with Crippen LogP contribution in [-0.4, -0.2) is 131 Å². The Kier molecular flexibility index (Phi) is 21.1. The zero-order valence-corrected chi connectivity index (χ0v) is 45.7. The molecular formula is C48H83N5O14Si2. The summed E-state index contributed by atoms with van der Waals surface area (Å²) in [6.45, 7) is 29.8. The number of aromatic amines is 1. The largest absolute Gasteiger partial charge is 0.459 e. The van der Waals surface area contributed by atoms with Crippen molar-refractivity contribution in [1.82, 2.24) is 19.5 Å². The highest BCUT2D eigenvalue weighted by Crippen LogP contribution is 2.49. The summed E-state index contributed by atoms with van der Waals surface area (Å²) < 4.78 is 66.6. The van der Waals surface area contributed by atoms with E-state index in [1.807, 2.05) is 6.92 Å². The molecule has 0 aromatic carbocycles. The summed E-state index contributed by atoms with van der Waals surface area (Å²) in [6.07, 6.45) is 1.36. The fourth-order valence-corrected chi connectivity index (χ4v) is 20.8. The van der Waals surface area contributed by atoms with Crippen LogP contribution in [-0.2, 0) is 60.5 Å². The lowest BCUT2D eigenvalue weighted by Crippen LogP contribution is -2.66. The molecule has 5 heterocycles. The molecule has 0 aliphatic carbocycles. The molecule has 6 unspecified atom stereocenters. The van der Waals surface area contributed by atoms with E-state index in [-0.39, 0.29) is 113 Å². The Morgan fingerprint density at radius 3 is 2.14 bits per heavy atom.